The van der Waals surface area contributed by atoms with E-state index in [0.29, 0.717) is 11.6 Å². The summed E-state index contributed by atoms with van der Waals surface area (Å²) in [4.78, 5) is 9.20. The molecule has 0 bridgehead atoms. The second-order valence-corrected chi connectivity index (χ2v) is 6.36. The van der Waals surface area contributed by atoms with Gasteiger partial charge in [-0.1, -0.05) is 25.1 Å². The Hall–Kier alpha value is -2.60. The fourth-order valence-corrected chi connectivity index (χ4v) is 2.89. The molecule has 0 amide bonds. The number of aliphatic hydroxyl groups excluding tert-OH is 1. The predicted molar refractivity (Wildman–Crippen MR) is 105 cm³/mol. The van der Waals surface area contributed by atoms with Gasteiger partial charge in [-0.05, 0) is 44.4 Å². The number of nitrogens with zero attached hydrogens (tertiary/aromatic N) is 2. The summed E-state index contributed by atoms with van der Waals surface area (Å²) < 4.78 is 5.69. The highest BCUT2D eigenvalue weighted by Crippen LogP contribution is 2.23. The summed E-state index contributed by atoms with van der Waals surface area (Å²) in [6.07, 6.45) is 7.09. The normalized spacial score (nSPS) is 18.3. The quantitative estimate of drug-likeness (QED) is 0.505. The van der Waals surface area contributed by atoms with Crippen LogP contribution in [-0.2, 0) is 4.74 Å². The highest BCUT2D eigenvalue weighted by molar-refractivity contribution is 5.90. The number of rotatable bonds is 7. The van der Waals surface area contributed by atoms with Crippen molar-refractivity contribution in [1.29, 1.82) is 0 Å². The van der Waals surface area contributed by atoms with Crippen molar-refractivity contribution in [3.8, 4) is 0 Å². The van der Waals surface area contributed by atoms with Crippen LogP contribution in [-0.4, -0.2) is 34.3 Å². The van der Waals surface area contributed by atoms with E-state index < -0.39 is 0 Å². The van der Waals surface area contributed by atoms with Crippen molar-refractivity contribution in [3.63, 3.8) is 0 Å². The second kappa shape index (κ2) is 8.67. The van der Waals surface area contributed by atoms with Crippen LogP contribution in [0.4, 0.5) is 11.8 Å². The maximum atomic E-state index is 9.91. The van der Waals surface area contributed by atoms with Gasteiger partial charge in [0, 0.05) is 18.5 Å². The summed E-state index contributed by atoms with van der Waals surface area (Å²) in [6.45, 7) is 5.23. The molecule has 2 aromatic rings. The number of allylic oxidation sites excluding steroid dienone is 3. The zero-order valence-electron chi connectivity index (χ0n) is 15.3. The van der Waals surface area contributed by atoms with E-state index in [-0.39, 0.29) is 11.9 Å². The summed E-state index contributed by atoms with van der Waals surface area (Å²) in [5, 5.41) is 17.4. The molecule has 1 aromatic carbocycles. The van der Waals surface area contributed by atoms with E-state index in [1.54, 1.807) is 6.92 Å². The lowest BCUT2D eigenvalue weighted by Gasteiger charge is -2.15. The zero-order valence-corrected chi connectivity index (χ0v) is 15.3. The third-order valence-electron chi connectivity index (χ3n) is 4.28. The van der Waals surface area contributed by atoms with Crippen LogP contribution in [0.5, 0.6) is 0 Å². The number of aromatic nitrogens is 2. The van der Waals surface area contributed by atoms with Crippen LogP contribution < -0.4 is 10.6 Å². The van der Waals surface area contributed by atoms with Crippen molar-refractivity contribution in [1.82, 2.24) is 9.97 Å². The zero-order chi connectivity index (χ0) is 18.4. The van der Waals surface area contributed by atoms with Gasteiger partial charge in [-0.3, -0.25) is 0 Å². The number of anilines is 2. The molecule has 6 heteroatoms. The van der Waals surface area contributed by atoms with Crippen LogP contribution in [0.1, 0.15) is 33.1 Å². The average Bonchev–Trinajstić information content (AvgIpc) is 3.16. The van der Waals surface area contributed by atoms with Gasteiger partial charge in [-0.25, -0.2) is 4.98 Å². The van der Waals surface area contributed by atoms with Crippen molar-refractivity contribution in [2.24, 2.45) is 0 Å². The number of fused-ring (bicyclic) bond motifs is 1. The molecule has 6 nitrogen and oxygen atoms in total. The summed E-state index contributed by atoms with van der Waals surface area (Å²) in [5.74, 6) is 1.41. The Morgan fingerprint density at radius 1 is 1.35 bits per heavy atom. The third kappa shape index (κ3) is 4.52. The van der Waals surface area contributed by atoms with Crippen molar-refractivity contribution < 1.29 is 9.84 Å². The Morgan fingerprint density at radius 3 is 2.92 bits per heavy atom. The molecule has 0 aliphatic carbocycles. The van der Waals surface area contributed by atoms with Crippen LogP contribution in [0.15, 0.2) is 47.9 Å². The standard InChI is InChI=1S/C20H26N4O2/c1-3-4-10-17(14(2)25)22-20-23-18-11-6-5-9-16(18)19(24-20)21-13-15-8-7-12-26-15/h4-6,9-11,15,25H,3,7-8,12-13H2,1-2H3,(H2,21,22,23,24)/b10-4-,17-14-. The minimum Gasteiger partial charge on any atom is -0.510 e. The molecular formula is C20H26N4O2. The molecule has 1 aromatic heterocycles. The first kappa shape index (κ1) is 18.2. The Labute approximate surface area is 154 Å². The molecule has 1 saturated heterocycles. The molecule has 1 aliphatic heterocycles. The smallest absolute Gasteiger partial charge is 0.229 e. The van der Waals surface area contributed by atoms with E-state index in [1.165, 1.54) is 0 Å². The van der Waals surface area contributed by atoms with Gasteiger partial charge in [0.1, 0.15) is 11.6 Å². The SMILES string of the molecule is CC/C=C\C(Nc1nc(NCC2CCCO2)c2ccccc2n1)=C(/C)O. The molecule has 1 unspecified atom stereocenters. The van der Waals surface area contributed by atoms with Gasteiger partial charge in [0.25, 0.3) is 0 Å². The molecule has 26 heavy (non-hydrogen) atoms. The van der Waals surface area contributed by atoms with Crippen LogP contribution in [0, 0.1) is 0 Å². The minimum atomic E-state index is 0.195. The summed E-state index contributed by atoms with van der Waals surface area (Å²) in [5.41, 5.74) is 1.43. The molecule has 1 aliphatic rings. The van der Waals surface area contributed by atoms with Gasteiger partial charge in [0.15, 0.2) is 0 Å². The summed E-state index contributed by atoms with van der Waals surface area (Å²) in [7, 11) is 0. The number of hydrogen-bond acceptors (Lipinski definition) is 6. The molecule has 3 N–H and O–H groups in total. The van der Waals surface area contributed by atoms with E-state index in [2.05, 4.69) is 20.6 Å². The molecule has 1 fully saturated rings. The molecule has 1 atom stereocenters. The fraction of sp³-hybridized carbons (Fsp3) is 0.400. The number of nitrogens with one attached hydrogen (secondary N) is 2. The highest BCUT2D eigenvalue weighted by Gasteiger charge is 2.16. The summed E-state index contributed by atoms with van der Waals surface area (Å²) in [6, 6.07) is 7.88. The van der Waals surface area contributed by atoms with Gasteiger partial charge in [0.05, 0.1) is 17.3 Å². The van der Waals surface area contributed by atoms with Crippen molar-refractivity contribution >= 4 is 22.7 Å². The monoisotopic (exact) mass is 354 g/mol. The second-order valence-electron chi connectivity index (χ2n) is 6.36. The number of ether oxygens (including phenoxy) is 1. The van der Waals surface area contributed by atoms with Gasteiger partial charge < -0.3 is 20.5 Å². The Balaban J connectivity index is 1.88. The highest BCUT2D eigenvalue weighted by atomic mass is 16.5. The van der Waals surface area contributed by atoms with Crippen molar-refractivity contribution in [2.45, 2.75) is 39.2 Å². The molecule has 138 valence electrons. The van der Waals surface area contributed by atoms with E-state index in [4.69, 9.17) is 4.74 Å². The molecule has 0 radical (unpaired) electrons. The van der Waals surface area contributed by atoms with E-state index >= 15 is 0 Å². The summed E-state index contributed by atoms with van der Waals surface area (Å²) >= 11 is 0. The molecule has 0 saturated carbocycles. The van der Waals surface area contributed by atoms with Crippen LogP contribution in [0.25, 0.3) is 10.9 Å². The first-order valence-corrected chi connectivity index (χ1v) is 9.13. The lowest BCUT2D eigenvalue weighted by Crippen LogP contribution is -2.19. The van der Waals surface area contributed by atoms with Gasteiger partial charge in [0.2, 0.25) is 5.95 Å². The molecule has 3 rings (SSSR count). The lowest BCUT2D eigenvalue weighted by atomic mass is 10.2. The molecule has 2 heterocycles. The third-order valence-corrected chi connectivity index (χ3v) is 4.28. The first-order chi connectivity index (χ1) is 12.7. The fourth-order valence-electron chi connectivity index (χ4n) is 2.89. The number of aliphatic hydroxyl groups is 1. The van der Waals surface area contributed by atoms with Crippen LogP contribution in [0.2, 0.25) is 0 Å². The van der Waals surface area contributed by atoms with E-state index in [9.17, 15) is 5.11 Å². The van der Waals surface area contributed by atoms with Gasteiger partial charge in [-0.15, -0.1) is 0 Å². The number of benzene rings is 1. The van der Waals surface area contributed by atoms with Crippen molar-refractivity contribution in [2.75, 3.05) is 23.8 Å². The topological polar surface area (TPSA) is 79.3 Å². The van der Waals surface area contributed by atoms with Crippen LogP contribution in [0.3, 0.4) is 0 Å². The average molecular weight is 354 g/mol. The van der Waals surface area contributed by atoms with Crippen LogP contribution >= 0.6 is 0 Å². The Morgan fingerprint density at radius 2 is 2.19 bits per heavy atom. The Kier molecular flexibility index (Phi) is 6.07. The molecular weight excluding hydrogens is 328 g/mol. The minimum absolute atomic E-state index is 0.195. The molecule has 0 spiro atoms. The van der Waals surface area contributed by atoms with Crippen molar-refractivity contribution in [3.05, 3.63) is 47.9 Å². The predicted octanol–water partition coefficient (Wildman–Crippen LogP) is 4.39. The first-order valence-electron chi connectivity index (χ1n) is 9.13. The Bertz CT molecular complexity index is 807. The van der Waals surface area contributed by atoms with E-state index in [0.717, 1.165) is 49.1 Å². The van der Waals surface area contributed by atoms with E-state index in [1.807, 2.05) is 43.3 Å². The number of hydrogen-bond donors (Lipinski definition) is 3. The van der Waals surface area contributed by atoms with Gasteiger partial charge >= 0.3 is 0 Å². The number of para-hydroxylation sites is 1. The maximum Gasteiger partial charge on any atom is 0.229 e. The largest absolute Gasteiger partial charge is 0.510 e. The maximum absolute atomic E-state index is 9.91. The lowest BCUT2D eigenvalue weighted by molar-refractivity contribution is 0.120. The van der Waals surface area contributed by atoms with Gasteiger partial charge in [-0.2, -0.15) is 4.98 Å².